The van der Waals surface area contributed by atoms with Crippen molar-refractivity contribution in [1.29, 1.82) is 0 Å². The van der Waals surface area contributed by atoms with E-state index in [2.05, 4.69) is 55.7 Å². The quantitative estimate of drug-likeness (QED) is 0.775. The summed E-state index contributed by atoms with van der Waals surface area (Å²) in [6.07, 6.45) is 1.98. The third-order valence-corrected chi connectivity index (χ3v) is 3.24. The zero-order valence-electron chi connectivity index (χ0n) is 12.3. The van der Waals surface area contributed by atoms with Crippen molar-refractivity contribution < 1.29 is 4.79 Å². The Morgan fingerprint density at radius 3 is 2.16 bits per heavy atom. The standard InChI is InChI=1S/C16H26N2O/c1-13(2)9-11-17-16(19)18-12-10-14(3)15-7-5-4-6-8-15/h4-8,13-14H,9-12H2,1-3H3,(H2,17,18,19). The van der Waals surface area contributed by atoms with Crippen LogP contribution in [0.25, 0.3) is 0 Å². The van der Waals surface area contributed by atoms with Gasteiger partial charge in [0.25, 0.3) is 0 Å². The zero-order valence-corrected chi connectivity index (χ0v) is 12.3. The summed E-state index contributed by atoms with van der Waals surface area (Å²) in [5, 5.41) is 5.78. The van der Waals surface area contributed by atoms with Crippen LogP contribution in [0.4, 0.5) is 4.79 Å². The van der Waals surface area contributed by atoms with Crippen molar-refractivity contribution in [2.45, 2.75) is 39.5 Å². The lowest BCUT2D eigenvalue weighted by Gasteiger charge is -2.13. The van der Waals surface area contributed by atoms with Crippen molar-refractivity contribution in [3.63, 3.8) is 0 Å². The molecule has 0 heterocycles. The van der Waals surface area contributed by atoms with Crippen LogP contribution in [-0.4, -0.2) is 19.1 Å². The molecule has 1 atom stereocenters. The van der Waals surface area contributed by atoms with Gasteiger partial charge in [-0.2, -0.15) is 0 Å². The molecule has 2 N–H and O–H groups in total. The van der Waals surface area contributed by atoms with Gasteiger partial charge in [0.05, 0.1) is 0 Å². The molecule has 0 saturated carbocycles. The minimum atomic E-state index is -0.0547. The number of rotatable bonds is 7. The van der Waals surface area contributed by atoms with Gasteiger partial charge in [0.1, 0.15) is 0 Å². The van der Waals surface area contributed by atoms with Gasteiger partial charge in [0, 0.05) is 13.1 Å². The predicted octanol–water partition coefficient (Wildman–Crippen LogP) is 3.53. The van der Waals surface area contributed by atoms with Crippen LogP contribution in [0.1, 0.15) is 45.1 Å². The van der Waals surface area contributed by atoms with E-state index in [1.165, 1.54) is 5.56 Å². The summed E-state index contributed by atoms with van der Waals surface area (Å²) in [6.45, 7) is 7.96. The van der Waals surface area contributed by atoms with Gasteiger partial charge in [-0.15, -0.1) is 0 Å². The topological polar surface area (TPSA) is 41.1 Å². The third-order valence-electron chi connectivity index (χ3n) is 3.24. The van der Waals surface area contributed by atoms with E-state index in [-0.39, 0.29) is 6.03 Å². The van der Waals surface area contributed by atoms with Gasteiger partial charge in [-0.3, -0.25) is 0 Å². The van der Waals surface area contributed by atoms with Gasteiger partial charge < -0.3 is 10.6 Å². The maximum absolute atomic E-state index is 11.5. The highest BCUT2D eigenvalue weighted by atomic mass is 16.2. The van der Waals surface area contributed by atoms with E-state index in [1.807, 2.05) is 6.07 Å². The lowest BCUT2D eigenvalue weighted by atomic mass is 9.98. The van der Waals surface area contributed by atoms with E-state index in [9.17, 15) is 4.79 Å². The first-order valence-electron chi connectivity index (χ1n) is 7.16. The number of amides is 2. The molecule has 1 rings (SSSR count). The minimum Gasteiger partial charge on any atom is -0.338 e. The van der Waals surface area contributed by atoms with Crippen molar-refractivity contribution in [3.05, 3.63) is 35.9 Å². The van der Waals surface area contributed by atoms with E-state index in [4.69, 9.17) is 0 Å². The molecule has 1 unspecified atom stereocenters. The molecule has 3 heteroatoms. The van der Waals surface area contributed by atoms with E-state index < -0.39 is 0 Å². The maximum atomic E-state index is 11.5. The molecule has 0 spiro atoms. The Hall–Kier alpha value is -1.51. The number of carbonyl (C=O) groups is 1. The predicted molar refractivity (Wildman–Crippen MR) is 80.3 cm³/mol. The fraction of sp³-hybridized carbons (Fsp3) is 0.562. The second kappa shape index (κ2) is 8.57. The minimum absolute atomic E-state index is 0.0547. The van der Waals surface area contributed by atoms with E-state index in [0.717, 1.165) is 19.4 Å². The average molecular weight is 262 g/mol. The van der Waals surface area contributed by atoms with Gasteiger partial charge in [0.2, 0.25) is 0 Å². The summed E-state index contributed by atoms with van der Waals surface area (Å²) < 4.78 is 0. The number of hydrogen-bond acceptors (Lipinski definition) is 1. The van der Waals surface area contributed by atoms with Crippen LogP contribution >= 0.6 is 0 Å². The Balaban J connectivity index is 2.14. The molecule has 0 aliphatic heterocycles. The second-order valence-corrected chi connectivity index (χ2v) is 5.47. The Morgan fingerprint density at radius 1 is 1.00 bits per heavy atom. The fourth-order valence-electron chi connectivity index (χ4n) is 1.89. The lowest BCUT2D eigenvalue weighted by Crippen LogP contribution is -2.37. The first-order valence-corrected chi connectivity index (χ1v) is 7.16. The van der Waals surface area contributed by atoms with E-state index in [1.54, 1.807) is 0 Å². The normalized spacial score (nSPS) is 12.2. The molecule has 0 saturated heterocycles. The number of nitrogens with one attached hydrogen (secondary N) is 2. The molecule has 3 nitrogen and oxygen atoms in total. The summed E-state index contributed by atoms with van der Waals surface area (Å²) >= 11 is 0. The molecule has 106 valence electrons. The SMILES string of the molecule is CC(C)CCNC(=O)NCCC(C)c1ccccc1. The summed E-state index contributed by atoms with van der Waals surface area (Å²) in [5.74, 6) is 1.09. The van der Waals surface area contributed by atoms with Crippen LogP contribution in [0, 0.1) is 5.92 Å². The van der Waals surface area contributed by atoms with Gasteiger partial charge >= 0.3 is 6.03 Å². The monoisotopic (exact) mass is 262 g/mol. The Kier molecular flexibility index (Phi) is 7.01. The molecule has 0 radical (unpaired) electrons. The summed E-state index contributed by atoms with van der Waals surface area (Å²) in [5.41, 5.74) is 1.32. The molecule has 0 fully saturated rings. The smallest absolute Gasteiger partial charge is 0.314 e. The van der Waals surface area contributed by atoms with Crippen LogP contribution in [-0.2, 0) is 0 Å². The van der Waals surface area contributed by atoms with Crippen molar-refractivity contribution in [2.75, 3.05) is 13.1 Å². The van der Waals surface area contributed by atoms with Crippen molar-refractivity contribution in [1.82, 2.24) is 10.6 Å². The Morgan fingerprint density at radius 2 is 1.58 bits per heavy atom. The molecule has 1 aromatic rings. The summed E-state index contributed by atoms with van der Waals surface area (Å²) in [4.78, 5) is 11.5. The molecule has 19 heavy (non-hydrogen) atoms. The van der Waals surface area contributed by atoms with Crippen molar-refractivity contribution in [2.24, 2.45) is 5.92 Å². The van der Waals surface area contributed by atoms with Crippen LogP contribution in [0.2, 0.25) is 0 Å². The second-order valence-electron chi connectivity index (χ2n) is 5.47. The van der Waals surface area contributed by atoms with Crippen LogP contribution in [0.15, 0.2) is 30.3 Å². The molecule has 0 aliphatic carbocycles. The highest BCUT2D eigenvalue weighted by Gasteiger charge is 2.05. The van der Waals surface area contributed by atoms with Crippen LogP contribution < -0.4 is 10.6 Å². The molecule has 0 bridgehead atoms. The van der Waals surface area contributed by atoms with Crippen molar-refractivity contribution >= 4 is 6.03 Å². The number of benzene rings is 1. The molecular weight excluding hydrogens is 236 g/mol. The number of carbonyl (C=O) groups excluding carboxylic acids is 1. The average Bonchev–Trinajstić information content (AvgIpc) is 2.39. The third kappa shape index (κ3) is 6.85. The Labute approximate surface area is 116 Å². The fourth-order valence-corrected chi connectivity index (χ4v) is 1.89. The van der Waals surface area contributed by atoms with Gasteiger partial charge in [-0.05, 0) is 30.2 Å². The number of hydrogen-bond donors (Lipinski definition) is 2. The van der Waals surface area contributed by atoms with Gasteiger partial charge in [-0.1, -0.05) is 51.1 Å². The van der Waals surface area contributed by atoms with Gasteiger partial charge in [0.15, 0.2) is 0 Å². The number of urea groups is 1. The lowest BCUT2D eigenvalue weighted by molar-refractivity contribution is 0.240. The zero-order chi connectivity index (χ0) is 14.1. The molecular formula is C16H26N2O. The molecule has 0 aliphatic rings. The van der Waals surface area contributed by atoms with Crippen molar-refractivity contribution in [3.8, 4) is 0 Å². The van der Waals surface area contributed by atoms with Crippen LogP contribution in [0.5, 0.6) is 0 Å². The highest BCUT2D eigenvalue weighted by molar-refractivity contribution is 5.73. The van der Waals surface area contributed by atoms with Crippen LogP contribution in [0.3, 0.4) is 0 Å². The molecule has 1 aromatic carbocycles. The Bertz CT molecular complexity index is 362. The molecule has 2 amide bonds. The van der Waals surface area contributed by atoms with E-state index >= 15 is 0 Å². The largest absolute Gasteiger partial charge is 0.338 e. The van der Waals surface area contributed by atoms with E-state index in [0.29, 0.717) is 18.4 Å². The maximum Gasteiger partial charge on any atom is 0.314 e. The first-order chi connectivity index (χ1) is 9.09. The highest BCUT2D eigenvalue weighted by Crippen LogP contribution is 2.17. The summed E-state index contributed by atoms with van der Waals surface area (Å²) in [7, 11) is 0. The summed E-state index contributed by atoms with van der Waals surface area (Å²) in [6, 6.07) is 10.3. The first kappa shape index (κ1) is 15.5. The molecule has 0 aromatic heterocycles. The van der Waals surface area contributed by atoms with Gasteiger partial charge in [-0.25, -0.2) is 4.79 Å².